The Morgan fingerprint density at radius 2 is 1.72 bits per heavy atom. The fourth-order valence-electron chi connectivity index (χ4n) is 1.86. The molecule has 0 amide bonds. The van der Waals surface area contributed by atoms with Gasteiger partial charge in [0.2, 0.25) is 5.82 Å². The van der Waals surface area contributed by atoms with E-state index in [1.54, 1.807) is 18.2 Å². The number of rotatable bonds is 0. The first-order chi connectivity index (χ1) is 8.48. The lowest BCUT2D eigenvalue weighted by Crippen LogP contribution is -2.10. The average molecular weight is 316 g/mol. The fourth-order valence-corrected chi connectivity index (χ4v) is 2.41. The van der Waals surface area contributed by atoms with Gasteiger partial charge in [0.15, 0.2) is 5.65 Å². The third-order valence-corrected chi connectivity index (χ3v) is 3.25. The molecule has 0 saturated carbocycles. The molecule has 2 heterocycles. The number of alkyl halides is 3. The van der Waals surface area contributed by atoms with Gasteiger partial charge >= 0.3 is 6.18 Å². The molecular weight excluding hydrogens is 311 g/mol. The van der Waals surface area contributed by atoms with Gasteiger partial charge in [-0.2, -0.15) is 13.2 Å². The summed E-state index contributed by atoms with van der Waals surface area (Å²) in [6.07, 6.45) is -3.19. The lowest BCUT2D eigenvalue weighted by atomic mass is 10.2. The van der Waals surface area contributed by atoms with Crippen molar-refractivity contribution in [1.82, 2.24) is 14.6 Å². The predicted molar refractivity (Wildman–Crippen MR) is 63.2 cm³/mol. The number of hydrogen-bond acceptors (Lipinski definition) is 2. The van der Waals surface area contributed by atoms with Gasteiger partial charge in [-0.15, -0.1) is 10.2 Å². The quantitative estimate of drug-likeness (QED) is 0.633. The maximum atomic E-state index is 12.7. The van der Waals surface area contributed by atoms with Crippen LogP contribution in [0.15, 0.2) is 34.9 Å². The van der Waals surface area contributed by atoms with E-state index in [0.717, 1.165) is 9.79 Å². The molecule has 18 heavy (non-hydrogen) atoms. The highest BCUT2D eigenvalue weighted by atomic mass is 79.9. The molecule has 2 aromatic heterocycles. The second kappa shape index (κ2) is 3.68. The minimum Gasteiger partial charge on any atom is -0.277 e. The minimum atomic E-state index is -4.53. The van der Waals surface area contributed by atoms with Crippen molar-refractivity contribution in [1.29, 1.82) is 0 Å². The van der Waals surface area contributed by atoms with Crippen molar-refractivity contribution in [2.24, 2.45) is 0 Å². The van der Waals surface area contributed by atoms with Gasteiger partial charge in [-0.05, 0) is 15.9 Å². The van der Waals surface area contributed by atoms with Crippen molar-refractivity contribution in [3.63, 3.8) is 0 Å². The van der Waals surface area contributed by atoms with Gasteiger partial charge in [-0.25, -0.2) is 0 Å². The first kappa shape index (κ1) is 11.5. The molecule has 1 aromatic carbocycles. The molecule has 0 atom stereocenters. The SMILES string of the molecule is FC(F)(F)c1nnc2c3ccccc3c(Br)cn12. The Morgan fingerprint density at radius 1 is 1.06 bits per heavy atom. The van der Waals surface area contributed by atoms with Crippen molar-refractivity contribution in [2.45, 2.75) is 6.18 Å². The summed E-state index contributed by atoms with van der Waals surface area (Å²) >= 11 is 3.26. The maximum Gasteiger partial charge on any atom is 0.452 e. The van der Waals surface area contributed by atoms with E-state index in [0.29, 0.717) is 9.86 Å². The molecular formula is C11H5BrF3N3. The zero-order valence-electron chi connectivity index (χ0n) is 8.74. The summed E-state index contributed by atoms with van der Waals surface area (Å²) in [5.41, 5.74) is 0.195. The molecule has 0 unspecified atom stereocenters. The molecule has 92 valence electrons. The van der Waals surface area contributed by atoms with Crippen molar-refractivity contribution in [3.8, 4) is 0 Å². The molecule has 3 aromatic rings. The first-order valence-electron chi connectivity index (χ1n) is 4.97. The van der Waals surface area contributed by atoms with Crippen molar-refractivity contribution >= 4 is 32.3 Å². The highest BCUT2D eigenvalue weighted by molar-refractivity contribution is 9.10. The third kappa shape index (κ3) is 1.58. The largest absolute Gasteiger partial charge is 0.452 e. The Balaban J connectivity index is 2.49. The molecule has 3 rings (SSSR count). The van der Waals surface area contributed by atoms with Gasteiger partial charge in [0, 0.05) is 21.4 Å². The summed E-state index contributed by atoms with van der Waals surface area (Å²) in [6.45, 7) is 0. The van der Waals surface area contributed by atoms with Crippen LogP contribution < -0.4 is 0 Å². The molecule has 0 aliphatic rings. The second-order valence-electron chi connectivity index (χ2n) is 3.74. The van der Waals surface area contributed by atoms with Gasteiger partial charge in [-0.3, -0.25) is 4.40 Å². The summed E-state index contributed by atoms with van der Waals surface area (Å²) in [5.74, 6) is -1.02. The number of pyridine rings is 1. The van der Waals surface area contributed by atoms with Crippen LogP contribution in [0.25, 0.3) is 16.4 Å². The highest BCUT2D eigenvalue weighted by Gasteiger charge is 2.37. The number of nitrogens with zero attached hydrogens (tertiary/aromatic N) is 3. The summed E-state index contributed by atoms with van der Waals surface area (Å²) < 4.78 is 39.7. The normalized spacial score (nSPS) is 12.4. The van der Waals surface area contributed by atoms with E-state index in [1.165, 1.54) is 6.20 Å². The second-order valence-corrected chi connectivity index (χ2v) is 4.59. The van der Waals surface area contributed by atoms with Crippen LogP contribution >= 0.6 is 15.9 Å². The Morgan fingerprint density at radius 3 is 2.39 bits per heavy atom. The van der Waals surface area contributed by atoms with Crippen LogP contribution in [0.2, 0.25) is 0 Å². The van der Waals surface area contributed by atoms with E-state index in [2.05, 4.69) is 26.1 Å². The van der Waals surface area contributed by atoms with Crippen LogP contribution in [0.4, 0.5) is 13.2 Å². The zero-order chi connectivity index (χ0) is 12.9. The summed E-state index contributed by atoms with van der Waals surface area (Å²) in [5, 5.41) is 8.27. The standard InChI is InChI=1S/C11H5BrF3N3/c12-8-5-18-9(7-4-2-1-3-6(7)8)16-17-10(18)11(13,14)15/h1-5H. The predicted octanol–water partition coefficient (Wildman–Crippen LogP) is 3.66. The van der Waals surface area contributed by atoms with E-state index < -0.39 is 12.0 Å². The Bertz CT molecular complexity index is 748. The Kier molecular flexibility index (Phi) is 2.34. The molecule has 0 fully saturated rings. The molecule has 0 aliphatic carbocycles. The van der Waals surface area contributed by atoms with Crippen LogP contribution in [0.1, 0.15) is 5.82 Å². The number of aromatic nitrogens is 3. The molecule has 7 heteroatoms. The Hall–Kier alpha value is -1.63. The molecule has 0 spiro atoms. The van der Waals surface area contributed by atoms with E-state index in [9.17, 15) is 13.2 Å². The number of benzene rings is 1. The first-order valence-corrected chi connectivity index (χ1v) is 5.77. The van der Waals surface area contributed by atoms with E-state index >= 15 is 0 Å². The van der Waals surface area contributed by atoms with Crippen LogP contribution in [0.5, 0.6) is 0 Å². The van der Waals surface area contributed by atoms with Gasteiger partial charge in [0.1, 0.15) is 0 Å². The third-order valence-electron chi connectivity index (χ3n) is 2.62. The van der Waals surface area contributed by atoms with Crippen LogP contribution in [-0.2, 0) is 6.18 Å². The van der Waals surface area contributed by atoms with Gasteiger partial charge in [-0.1, -0.05) is 24.3 Å². The molecule has 0 radical (unpaired) electrons. The van der Waals surface area contributed by atoms with Crippen molar-refractivity contribution in [3.05, 3.63) is 40.8 Å². The minimum absolute atomic E-state index is 0.195. The molecule has 0 bridgehead atoms. The monoisotopic (exact) mass is 315 g/mol. The maximum absolute atomic E-state index is 12.7. The molecule has 0 N–H and O–H groups in total. The topological polar surface area (TPSA) is 30.2 Å². The van der Waals surface area contributed by atoms with Crippen LogP contribution in [-0.4, -0.2) is 14.6 Å². The highest BCUT2D eigenvalue weighted by Crippen LogP contribution is 2.32. The lowest BCUT2D eigenvalue weighted by molar-refractivity contribution is -0.145. The lowest BCUT2D eigenvalue weighted by Gasteiger charge is -2.06. The van der Waals surface area contributed by atoms with Crippen LogP contribution in [0, 0.1) is 0 Å². The molecule has 0 saturated heterocycles. The number of hydrogen-bond donors (Lipinski definition) is 0. The van der Waals surface area contributed by atoms with E-state index in [1.807, 2.05) is 6.07 Å². The van der Waals surface area contributed by atoms with Crippen molar-refractivity contribution in [2.75, 3.05) is 0 Å². The average Bonchev–Trinajstić information content (AvgIpc) is 2.73. The summed E-state index contributed by atoms with van der Waals surface area (Å²) in [7, 11) is 0. The van der Waals surface area contributed by atoms with E-state index in [4.69, 9.17) is 0 Å². The zero-order valence-corrected chi connectivity index (χ0v) is 10.3. The molecule has 0 aliphatic heterocycles. The van der Waals surface area contributed by atoms with Gasteiger partial charge < -0.3 is 0 Å². The fraction of sp³-hybridized carbons (Fsp3) is 0.0909. The summed E-state index contributed by atoms with van der Waals surface area (Å²) in [6, 6.07) is 7.08. The Labute approximate surface area is 107 Å². The van der Waals surface area contributed by atoms with Gasteiger partial charge in [0.05, 0.1) is 0 Å². The smallest absolute Gasteiger partial charge is 0.277 e. The summed E-state index contributed by atoms with van der Waals surface area (Å²) in [4.78, 5) is 0. The molecule has 3 nitrogen and oxygen atoms in total. The number of halogens is 4. The van der Waals surface area contributed by atoms with Crippen LogP contribution in [0.3, 0.4) is 0 Å². The van der Waals surface area contributed by atoms with Gasteiger partial charge in [0.25, 0.3) is 0 Å². The number of fused-ring (bicyclic) bond motifs is 3. The van der Waals surface area contributed by atoms with Crippen molar-refractivity contribution < 1.29 is 13.2 Å². The van der Waals surface area contributed by atoms with E-state index in [-0.39, 0.29) is 5.65 Å².